The number of amides is 2. The second kappa shape index (κ2) is 4.36. The number of hydrogen-bond donors (Lipinski definition) is 1. The van der Waals surface area contributed by atoms with Crippen LogP contribution in [0.25, 0.3) is 0 Å². The molecule has 2 amide bonds. The fourth-order valence-corrected chi connectivity index (χ4v) is 3.50. The van der Waals surface area contributed by atoms with Gasteiger partial charge >= 0.3 is 0 Å². The molecule has 2 aliphatic carbocycles. The van der Waals surface area contributed by atoms with Gasteiger partial charge in [-0.05, 0) is 44.9 Å². The monoisotopic (exact) mass is 262 g/mol. The normalized spacial score (nSPS) is 35.9. The highest BCUT2D eigenvalue weighted by Crippen LogP contribution is 2.43. The Hall–Kier alpha value is -1.32. The van der Waals surface area contributed by atoms with Crippen LogP contribution in [0.4, 0.5) is 0 Å². The first kappa shape index (κ1) is 12.7. The molecule has 2 atom stereocenters. The Morgan fingerprint density at radius 1 is 1.32 bits per heavy atom. The van der Waals surface area contributed by atoms with Crippen LogP contribution in [0.5, 0.6) is 0 Å². The summed E-state index contributed by atoms with van der Waals surface area (Å²) in [5.74, 6) is 0.497. The number of carbonyl (C=O) groups is 2. The highest BCUT2D eigenvalue weighted by atomic mass is 16.2. The van der Waals surface area contributed by atoms with Gasteiger partial charge in [-0.1, -0.05) is 19.1 Å². The molecule has 0 aromatic carbocycles. The average Bonchev–Trinajstić information content (AvgIpc) is 3.11. The summed E-state index contributed by atoms with van der Waals surface area (Å²) in [5.41, 5.74) is -0.661. The summed E-state index contributed by atoms with van der Waals surface area (Å²) in [4.78, 5) is 27.2. The first-order valence-corrected chi connectivity index (χ1v) is 7.37. The van der Waals surface area contributed by atoms with E-state index in [0.29, 0.717) is 12.3 Å². The predicted octanol–water partition coefficient (Wildman–Crippen LogP) is 1.61. The lowest BCUT2D eigenvalue weighted by molar-refractivity contribution is -0.158. The van der Waals surface area contributed by atoms with Crippen molar-refractivity contribution in [3.8, 4) is 0 Å². The summed E-state index contributed by atoms with van der Waals surface area (Å²) in [6.45, 7) is 3.89. The van der Waals surface area contributed by atoms with Crippen LogP contribution < -0.4 is 5.32 Å². The molecule has 0 spiro atoms. The second-order valence-electron chi connectivity index (χ2n) is 6.20. The van der Waals surface area contributed by atoms with Gasteiger partial charge in [-0.15, -0.1) is 0 Å². The number of rotatable bonds is 3. The van der Waals surface area contributed by atoms with Crippen LogP contribution in [0.3, 0.4) is 0 Å². The number of piperazine rings is 1. The van der Waals surface area contributed by atoms with Gasteiger partial charge in [-0.3, -0.25) is 9.59 Å². The number of carbonyl (C=O) groups excluding carboxylic acids is 2. The van der Waals surface area contributed by atoms with Gasteiger partial charge in [0.2, 0.25) is 11.8 Å². The van der Waals surface area contributed by atoms with E-state index in [9.17, 15) is 9.59 Å². The van der Waals surface area contributed by atoms with Gasteiger partial charge in [0.1, 0.15) is 11.6 Å². The minimum Gasteiger partial charge on any atom is -0.340 e. The summed E-state index contributed by atoms with van der Waals surface area (Å²) >= 11 is 0. The molecule has 0 aromatic rings. The molecule has 1 saturated heterocycles. The zero-order valence-corrected chi connectivity index (χ0v) is 11.7. The minimum atomic E-state index is -0.661. The van der Waals surface area contributed by atoms with Crippen LogP contribution in [0.2, 0.25) is 0 Å². The van der Waals surface area contributed by atoms with Gasteiger partial charge in [-0.25, -0.2) is 0 Å². The molecule has 104 valence electrons. The third-order valence-corrected chi connectivity index (χ3v) is 4.86. The molecule has 1 N–H and O–H groups in total. The van der Waals surface area contributed by atoms with E-state index in [2.05, 4.69) is 17.5 Å². The Kier molecular flexibility index (Phi) is 2.91. The van der Waals surface area contributed by atoms with Gasteiger partial charge in [-0.2, -0.15) is 0 Å². The largest absolute Gasteiger partial charge is 0.340 e. The van der Waals surface area contributed by atoms with Gasteiger partial charge in [0.25, 0.3) is 0 Å². The lowest BCUT2D eigenvalue weighted by Gasteiger charge is -2.47. The second-order valence-corrected chi connectivity index (χ2v) is 6.20. The molecule has 0 aromatic heterocycles. The first-order valence-electron chi connectivity index (χ1n) is 7.37. The fourth-order valence-electron chi connectivity index (χ4n) is 3.50. The SMILES string of the molecule is CCC1C(=O)NC(C)(C2CC2)C(=O)N1C1CC=CC1. The Bertz CT molecular complexity index is 433. The Morgan fingerprint density at radius 2 is 1.95 bits per heavy atom. The van der Waals surface area contributed by atoms with Crippen molar-refractivity contribution < 1.29 is 9.59 Å². The Balaban J connectivity index is 1.91. The minimum absolute atomic E-state index is 0.0309. The van der Waals surface area contributed by atoms with Crippen molar-refractivity contribution in [2.24, 2.45) is 5.92 Å². The van der Waals surface area contributed by atoms with E-state index in [4.69, 9.17) is 0 Å². The maximum absolute atomic E-state index is 12.9. The van der Waals surface area contributed by atoms with Gasteiger partial charge in [0, 0.05) is 6.04 Å². The summed E-state index contributed by atoms with van der Waals surface area (Å²) in [7, 11) is 0. The molecule has 2 fully saturated rings. The average molecular weight is 262 g/mol. The molecule has 3 rings (SSSR count). The molecular weight excluding hydrogens is 240 g/mol. The quantitative estimate of drug-likeness (QED) is 0.786. The molecule has 1 aliphatic heterocycles. The standard InChI is InChI=1S/C15H22N2O2/c1-3-12-13(18)16-15(2,10-8-9-10)14(19)17(12)11-6-4-5-7-11/h4-5,10-12H,3,6-9H2,1-2H3,(H,16,18). The lowest BCUT2D eigenvalue weighted by atomic mass is 9.87. The van der Waals surface area contributed by atoms with E-state index in [1.54, 1.807) is 0 Å². The van der Waals surface area contributed by atoms with Gasteiger partial charge in [0.15, 0.2) is 0 Å². The van der Waals surface area contributed by atoms with Crippen LogP contribution in [-0.4, -0.2) is 34.3 Å². The highest BCUT2D eigenvalue weighted by Gasteiger charge is 2.56. The van der Waals surface area contributed by atoms with E-state index < -0.39 is 5.54 Å². The molecule has 4 heteroatoms. The predicted molar refractivity (Wildman–Crippen MR) is 72.4 cm³/mol. The van der Waals surface area contributed by atoms with Crippen molar-refractivity contribution in [3.63, 3.8) is 0 Å². The van der Waals surface area contributed by atoms with Gasteiger partial charge in [0.05, 0.1) is 0 Å². The van der Waals surface area contributed by atoms with Crippen molar-refractivity contribution in [3.05, 3.63) is 12.2 Å². The van der Waals surface area contributed by atoms with Crippen molar-refractivity contribution in [1.82, 2.24) is 10.2 Å². The molecule has 19 heavy (non-hydrogen) atoms. The van der Waals surface area contributed by atoms with E-state index in [1.807, 2.05) is 18.7 Å². The van der Waals surface area contributed by atoms with Crippen LogP contribution in [-0.2, 0) is 9.59 Å². The summed E-state index contributed by atoms with van der Waals surface area (Å²) in [6, 6.07) is -0.106. The van der Waals surface area contributed by atoms with Crippen molar-refractivity contribution >= 4 is 11.8 Å². The first-order chi connectivity index (χ1) is 9.08. The van der Waals surface area contributed by atoms with Crippen LogP contribution in [0, 0.1) is 5.92 Å². The maximum Gasteiger partial charge on any atom is 0.249 e. The van der Waals surface area contributed by atoms with Crippen molar-refractivity contribution in [2.45, 2.75) is 63.6 Å². The molecule has 1 heterocycles. The Morgan fingerprint density at radius 3 is 2.47 bits per heavy atom. The van der Waals surface area contributed by atoms with E-state index in [-0.39, 0.29) is 23.9 Å². The maximum atomic E-state index is 12.9. The van der Waals surface area contributed by atoms with Crippen LogP contribution in [0.15, 0.2) is 12.2 Å². The number of nitrogens with zero attached hydrogens (tertiary/aromatic N) is 1. The topological polar surface area (TPSA) is 49.4 Å². The van der Waals surface area contributed by atoms with Crippen molar-refractivity contribution in [2.75, 3.05) is 0 Å². The summed E-state index contributed by atoms with van der Waals surface area (Å²) in [6.07, 6.45) is 8.80. The zero-order chi connectivity index (χ0) is 13.6. The molecule has 3 aliphatic rings. The van der Waals surface area contributed by atoms with Crippen LogP contribution >= 0.6 is 0 Å². The Labute approximate surface area is 114 Å². The smallest absolute Gasteiger partial charge is 0.249 e. The fraction of sp³-hybridized carbons (Fsp3) is 0.733. The summed E-state index contributed by atoms with van der Waals surface area (Å²) < 4.78 is 0. The molecule has 0 bridgehead atoms. The lowest BCUT2D eigenvalue weighted by Crippen LogP contribution is -2.71. The summed E-state index contributed by atoms with van der Waals surface area (Å²) in [5, 5.41) is 3.01. The van der Waals surface area contributed by atoms with Gasteiger partial charge < -0.3 is 10.2 Å². The van der Waals surface area contributed by atoms with E-state index in [0.717, 1.165) is 25.7 Å². The van der Waals surface area contributed by atoms with Crippen molar-refractivity contribution in [1.29, 1.82) is 0 Å². The molecular formula is C15H22N2O2. The highest BCUT2D eigenvalue weighted by molar-refractivity contribution is 6.00. The number of hydrogen-bond acceptors (Lipinski definition) is 2. The molecule has 4 nitrogen and oxygen atoms in total. The molecule has 0 radical (unpaired) electrons. The third-order valence-electron chi connectivity index (χ3n) is 4.86. The van der Waals surface area contributed by atoms with E-state index >= 15 is 0 Å². The number of nitrogens with one attached hydrogen (secondary N) is 1. The van der Waals surface area contributed by atoms with Crippen LogP contribution in [0.1, 0.15) is 46.0 Å². The zero-order valence-electron chi connectivity index (χ0n) is 11.7. The van der Waals surface area contributed by atoms with E-state index in [1.165, 1.54) is 0 Å². The molecule has 2 unspecified atom stereocenters. The molecule has 1 saturated carbocycles. The third kappa shape index (κ3) is 1.88.